The Morgan fingerprint density at radius 2 is 1.73 bits per heavy atom. The fraction of sp³-hybridized carbons (Fsp3) is 0.462. The maximum atomic E-state index is 13.4. The Morgan fingerprint density at radius 3 is 2.39 bits per heavy atom. The molecule has 0 fully saturated rings. The van der Waals surface area contributed by atoms with Crippen molar-refractivity contribution >= 4 is 15.7 Å². The smallest absolute Gasteiger partial charge is 0.243 e. The van der Waals surface area contributed by atoms with Gasteiger partial charge in [-0.05, 0) is 66.6 Å². The second-order valence-electron chi connectivity index (χ2n) is 8.74. The minimum atomic E-state index is -3.52. The molecule has 3 unspecified atom stereocenters. The molecule has 0 saturated carbocycles. The summed E-state index contributed by atoms with van der Waals surface area (Å²) in [6.45, 7) is 5.10. The van der Waals surface area contributed by atoms with Gasteiger partial charge in [0.2, 0.25) is 10.0 Å². The van der Waals surface area contributed by atoms with Gasteiger partial charge in [0.15, 0.2) is 11.5 Å². The topological polar surface area (TPSA) is 67.9 Å². The normalized spacial score (nSPS) is 21.4. The molecule has 1 N–H and O–H groups in total. The van der Waals surface area contributed by atoms with Gasteiger partial charge in [0.1, 0.15) is 0 Å². The molecule has 0 amide bonds. The SMILES string of the molecule is CCCN(CCC)S(=O)(=O)c1ccc2c(c1)C1C=CCC1C(c1ccc(OC)c(OC)c1)N2. The van der Waals surface area contributed by atoms with Gasteiger partial charge in [-0.15, -0.1) is 0 Å². The minimum absolute atomic E-state index is 0.0939. The maximum Gasteiger partial charge on any atom is 0.243 e. The Kier molecular flexibility index (Phi) is 7.00. The van der Waals surface area contributed by atoms with Crippen LogP contribution in [0.15, 0.2) is 53.4 Å². The third-order valence-electron chi connectivity index (χ3n) is 6.68. The summed E-state index contributed by atoms with van der Waals surface area (Å²) in [6, 6.07) is 11.7. The van der Waals surface area contributed by atoms with E-state index in [0.29, 0.717) is 35.4 Å². The molecule has 3 atom stereocenters. The van der Waals surface area contributed by atoms with Gasteiger partial charge in [-0.2, -0.15) is 4.31 Å². The molecule has 2 aliphatic rings. The molecule has 4 rings (SSSR count). The van der Waals surface area contributed by atoms with Crippen molar-refractivity contribution < 1.29 is 17.9 Å². The summed E-state index contributed by atoms with van der Waals surface area (Å²) in [7, 11) is -0.236. The van der Waals surface area contributed by atoms with Crippen LogP contribution in [0.5, 0.6) is 11.5 Å². The predicted octanol–water partition coefficient (Wildman–Crippen LogP) is 5.34. The van der Waals surface area contributed by atoms with Gasteiger partial charge in [-0.25, -0.2) is 8.42 Å². The van der Waals surface area contributed by atoms with E-state index in [1.807, 2.05) is 38.1 Å². The molecule has 7 heteroatoms. The van der Waals surface area contributed by atoms with Gasteiger partial charge in [0, 0.05) is 24.7 Å². The highest BCUT2D eigenvalue weighted by molar-refractivity contribution is 7.89. The number of nitrogens with one attached hydrogen (secondary N) is 1. The summed E-state index contributed by atoms with van der Waals surface area (Å²) in [6.07, 6.45) is 6.97. The number of benzene rings is 2. The Morgan fingerprint density at radius 1 is 1.00 bits per heavy atom. The van der Waals surface area contributed by atoms with Crippen LogP contribution in [0.3, 0.4) is 0 Å². The lowest BCUT2D eigenvalue weighted by Gasteiger charge is -2.38. The van der Waals surface area contributed by atoms with E-state index >= 15 is 0 Å². The van der Waals surface area contributed by atoms with Gasteiger partial charge in [0.05, 0.1) is 25.2 Å². The van der Waals surface area contributed by atoms with Gasteiger partial charge in [0.25, 0.3) is 0 Å². The number of methoxy groups -OCH3 is 2. The molecule has 33 heavy (non-hydrogen) atoms. The highest BCUT2D eigenvalue weighted by Gasteiger charge is 2.39. The van der Waals surface area contributed by atoms with Crippen LogP contribution in [0, 0.1) is 5.92 Å². The second kappa shape index (κ2) is 9.77. The fourth-order valence-electron chi connectivity index (χ4n) is 5.11. The van der Waals surface area contributed by atoms with E-state index in [9.17, 15) is 8.42 Å². The molecule has 0 saturated heterocycles. The Labute approximate surface area is 197 Å². The summed E-state index contributed by atoms with van der Waals surface area (Å²) < 4.78 is 39.3. The van der Waals surface area contributed by atoms with E-state index < -0.39 is 10.0 Å². The van der Waals surface area contributed by atoms with Crippen molar-refractivity contribution in [3.05, 3.63) is 59.7 Å². The highest BCUT2D eigenvalue weighted by Crippen LogP contribution is 2.51. The van der Waals surface area contributed by atoms with Crippen molar-refractivity contribution in [3.8, 4) is 11.5 Å². The van der Waals surface area contributed by atoms with E-state index in [-0.39, 0.29) is 12.0 Å². The van der Waals surface area contributed by atoms with Crippen molar-refractivity contribution in [1.29, 1.82) is 0 Å². The lowest BCUT2D eigenvalue weighted by atomic mass is 9.77. The summed E-state index contributed by atoms with van der Waals surface area (Å²) in [5.74, 6) is 1.88. The molecule has 1 aliphatic carbocycles. The summed E-state index contributed by atoms with van der Waals surface area (Å²) in [5.41, 5.74) is 3.17. The minimum Gasteiger partial charge on any atom is -0.493 e. The van der Waals surface area contributed by atoms with Crippen molar-refractivity contribution in [2.24, 2.45) is 5.92 Å². The third kappa shape index (κ3) is 4.36. The first-order valence-electron chi connectivity index (χ1n) is 11.7. The van der Waals surface area contributed by atoms with Crippen LogP contribution in [0.1, 0.15) is 56.2 Å². The zero-order chi connectivity index (χ0) is 23.6. The molecular formula is C26H34N2O4S. The molecular weight excluding hydrogens is 436 g/mol. The Balaban J connectivity index is 1.70. The molecule has 6 nitrogen and oxygen atoms in total. The van der Waals surface area contributed by atoms with E-state index in [1.54, 1.807) is 24.6 Å². The lowest BCUT2D eigenvalue weighted by Crippen LogP contribution is -2.33. The van der Waals surface area contributed by atoms with Gasteiger partial charge < -0.3 is 14.8 Å². The Bertz CT molecular complexity index is 1120. The zero-order valence-electron chi connectivity index (χ0n) is 19.9. The zero-order valence-corrected chi connectivity index (χ0v) is 20.7. The number of ether oxygens (including phenoxy) is 2. The van der Waals surface area contributed by atoms with Crippen molar-refractivity contribution in [3.63, 3.8) is 0 Å². The fourth-order valence-corrected chi connectivity index (χ4v) is 6.77. The average molecular weight is 471 g/mol. The van der Waals surface area contributed by atoms with E-state index in [1.165, 1.54) is 0 Å². The number of hydrogen-bond donors (Lipinski definition) is 1. The first-order chi connectivity index (χ1) is 15.9. The average Bonchev–Trinajstić information content (AvgIpc) is 3.33. The van der Waals surface area contributed by atoms with E-state index in [0.717, 1.165) is 36.1 Å². The molecule has 2 aromatic carbocycles. The molecule has 0 bridgehead atoms. The number of sulfonamides is 1. The van der Waals surface area contributed by atoms with Crippen LogP contribution in [-0.2, 0) is 10.0 Å². The summed E-state index contributed by atoms with van der Waals surface area (Å²) in [5, 5.41) is 3.69. The number of fused-ring (bicyclic) bond motifs is 3. The van der Waals surface area contributed by atoms with E-state index in [4.69, 9.17) is 9.47 Å². The molecule has 0 spiro atoms. The van der Waals surface area contributed by atoms with Crippen LogP contribution in [0.2, 0.25) is 0 Å². The predicted molar refractivity (Wildman–Crippen MR) is 132 cm³/mol. The van der Waals surface area contributed by atoms with Gasteiger partial charge >= 0.3 is 0 Å². The van der Waals surface area contributed by atoms with Crippen molar-refractivity contribution in [2.75, 3.05) is 32.6 Å². The van der Waals surface area contributed by atoms with Crippen LogP contribution >= 0.6 is 0 Å². The number of nitrogens with zero attached hydrogens (tertiary/aromatic N) is 1. The van der Waals surface area contributed by atoms with Crippen molar-refractivity contribution in [1.82, 2.24) is 4.31 Å². The molecule has 1 aliphatic heterocycles. The number of rotatable bonds is 9. The summed E-state index contributed by atoms with van der Waals surface area (Å²) in [4.78, 5) is 0.383. The first kappa shape index (κ1) is 23.6. The molecule has 2 aromatic rings. The molecule has 1 heterocycles. The maximum absolute atomic E-state index is 13.4. The van der Waals surface area contributed by atoms with Crippen LogP contribution < -0.4 is 14.8 Å². The van der Waals surface area contributed by atoms with E-state index in [2.05, 4.69) is 23.5 Å². The van der Waals surface area contributed by atoms with Gasteiger partial charge in [-0.1, -0.05) is 32.1 Å². The largest absolute Gasteiger partial charge is 0.493 e. The van der Waals surface area contributed by atoms with Crippen LogP contribution in [-0.4, -0.2) is 40.0 Å². The number of anilines is 1. The number of allylic oxidation sites excluding steroid dienone is 2. The van der Waals surface area contributed by atoms with Gasteiger partial charge in [-0.3, -0.25) is 0 Å². The third-order valence-corrected chi connectivity index (χ3v) is 8.58. The quantitative estimate of drug-likeness (QED) is 0.501. The Hall–Kier alpha value is -2.51. The standard InChI is InChI=1S/C26H34N2O4S/c1-5-14-28(15-6-2)33(29,30)19-11-12-23-22(17-19)20-8-7-9-21(20)26(27-23)18-10-13-24(31-3)25(16-18)32-4/h7-8,10-13,16-17,20-21,26-27H,5-6,9,14-15H2,1-4H3. The van der Waals surface area contributed by atoms with Crippen LogP contribution in [0.4, 0.5) is 5.69 Å². The molecule has 0 radical (unpaired) electrons. The highest BCUT2D eigenvalue weighted by atomic mass is 32.2. The second-order valence-corrected chi connectivity index (χ2v) is 10.7. The molecule has 0 aromatic heterocycles. The summed E-state index contributed by atoms with van der Waals surface area (Å²) >= 11 is 0. The first-order valence-corrected chi connectivity index (χ1v) is 13.2. The van der Waals surface area contributed by atoms with Crippen LogP contribution in [0.25, 0.3) is 0 Å². The monoisotopic (exact) mass is 470 g/mol. The number of hydrogen-bond acceptors (Lipinski definition) is 5. The molecule has 178 valence electrons. The lowest BCUT2D eigenvalue weighted by molar-refractivity contribution is 0.353. The van der Waals surface area contributed by atoms with Crippen molar-refractivity contribution in [2.45, 2.75) is 50.0 Å².